The number of aromatic hydroxyl groups is 1. The van der Waals surface area contributed by atoms with Crippen molar-refractivity contribution in [1.29, 1.82) is 0 Å². The van der Waals surface area contributed by atoms with Crippen LogP contribution < -0.4 is 5.32 Å². The summed E-state index contributed by atoms with van der Waals surface area (Å²) in [5.74, 6) is 0.270. The highest BCUT2D eigenvalue weighted by atomic mass is 79.9. The predicted octanol–water partition coefficient (Wildman–Crippen LogP) is 2.67. The molecule has 0 aromatic heterocycles. The normalized spacial score (nSPS) is 11.0. The molecule has 0 unspecified atom stereocenters. The second-order valence-electron chi connectivity index (χ2n) is 3.88. The van der Waals surface area contributed by atoms with E-state index in [0.717, 1.165) is 29.7 Å². The number of ether oxygens (including phenoxy) is 1. The van der Waals surface area contributed by atoms with Gasteiger partial charge in [0.15, 0.2) is 0 Å². The molecule has 16 heavy (non-hydrogen) atoms. The van der Waals surface area contributed by atoms with Gasteiger partial charge >= 0.3 is 0 Å². The highest BCUT2D eigenvalue weighted by Crippen LogP contribution is 2.23. The van der Waals surface area contributed by atoms with Gasteiger partial charge in [0.25, 0.3) is 0 Å². The number of hydrogen-bond donors (Lipinski definition) is 2. The third kappa shape index (κ3) is 4.96. The quantitative estimate of drug-likeness (QED) is 0.791. The molecule has 0 aliphatic carbocycles. The van der Waals surface area contributed by atoms with Crippen molar-refractivity contribution in [3.8, 4) is 5.75 Å². The van der Waals surface area contributed by atoms with Crippen molar-refractivity contribution in [3.63, 3.8) is 0 Å². The minimum absolute atomic E-state index is 0.270. The molecular formula is C12H18BrNO2. The molecule has 0 fully saturated rings. The molecule has 0 aliphatic rings. The lowest BCUT2D eigenvalue weighted by Crippen LogP contribution is -2.20. The van der Waals surface area contributed by atoms with Crippen molar-refractivity contribution >= 4 is 15.9 Å². The summed E-state index contributed by atoms with van der Waals surface area (Å²) in [6.07, 6.45) is 0.282. The average molecular weight is 288 g/mol. The minimum atomic E-state index is 0.270. The van der Waals surface area contributed by atoms with Crippen molar-refractivity contribution in [2.45, 2.75) is 26.5 Å². The third-order valence-corrected chi connectivity index (χ3v) is 2.71. The van der Waals surface area contributed by atoms with Gasteiger partial charge in [-0.2, -0.15) is 0 Å². The Bertz CT molecular complexity index is 329. The largest absolute Gasteiger partial charge is 0.507 e. The highest BCUT2D eigenvalue weighted by Gasteiger charge is 1.99. The van der Waals surface area contributed by atoms with E-state index in [1.54, 1.807) is 6.07 Å². The molecule has 2 N–H and O–H groups in total. The molecule has 0 saturated heterocycles. The van der Waals surface area contributed by atoms with Crippen LogP contribution in [0.4, 0.5) is 0 Å². The Hall–Kier alpha value is -0.580. The first-order valence-electron chi connectivity index (χ1n) is 5.39. The van der Waals surface area contributed by atoms with Gasteiger partial charge in [0.2, 0.25) is 0 Å². The molecule has 0 saturated carbocycles. The van der Waals surface area contributed by atoms with Crippen LogP contribution in [0.5, 0.6) is 5.75 Å². The van der Waals surface area contributed by atoms with E-state index in [2.05, 4.69) is 21.2 Å². The lowest BCUT2D eigenvalue weighted by molar-refractivity contribution is 0.0807. The first-order valence-corrected chi connectivity index (χ1v) is 6.18. The van der Waals surface area contributed by atoms with Crippen molar-refractivity contribution < 1.29 is 9.84 Å². The Morgan fingerprint density at radius 2 is 2.19 bits per heavy atom. The summed E-state index contributed by atoms with van der Waals surface area (Å²) in [6.45, 7) is 6.38. The first-order chi connectivity index (χ1) is 7.59. The van der Waals surface area contributed by atoms with Gasteiger partial charge in [-0.3, -0.25) is 0 Å². The van der Waals surface area contributed by atoms with Crippen molar-refractivity contribution in [1.82, 2.24) is 5.32 Å². The molecule has 0 atom stereocenters. The number of hydrogen-bond acceptors (Lipinski definition) is 3. The van der Waals surface area contributed by atoms with E-state index in [0.29, 0.717) is 0 Å². The fraction of sp³-hybridized carbons (Fsp3) is 0.500. The molecule has 0 heterocycles. The van der Waals surface area contributed by atoms with Crippen LogP contribution in [0, 0.1) is 0 Å². The Morgan fingerprint density at radius 1 is 1.44 bits per heavy atom. The van der Waals surface area contributed by atoms with Crippen LogP contribution in [0.15, 0.2) is 22.7 Å². The molecule has 1 aromatic carbocycles. The fourth-order valence-corrected chi connectivity index (χ4v) is 1.69. The summed E-state index contributed by atoms with van der Waals surface area (Å²) in [5, 5.41) is 12.6. The highest BCUT2D eigenvalue weighted by molar-refractivity contribution is 9.10. The monoisotopic (exact) mass is 287 g/mol. The van der Waals surface area contributed by atoms with Gasteiger partial charge in [-0.05, 0) is 47.5 Å². The average Bonchev–Trinajstić information content (AvgIpc) is 2.22. The zero-order valence-electron chi connectivity index (χ0n) is 9.66. The molecule has 1 rings (SSSR count). The van der Waals surface area contributed by atoms with E-state index in [-0.39, 0.29) is 11.9 Å². The molecular weight excluding hydrogens is 270 g/mol. The van der Waals surface area contributed by atoms with E-state index in [4.69, 9.17) is 4.74 Å². The van der Waals surface area contributed by atoms with Gasteiger partial charge in [-0.25, -0.2) is 0 Å². The molecule has 3 nitrogen and oxygen atoms in total. The Kier molecular flexibility index (Phi) is 5.80. The smallest absolute Gasteiger partial charge is 0.129 e. The van der Waals surface area contributed by atoms with E-state index in [1.165, 1.54) is 0 Å². The maximum absolute atomic E-state index is 9.33. The zero-order valence-corrected chi connectivity index (χ0v) is 11.3. The molecule has 4 heteroatoms. The summed E-state index contributed by atoms with van der Waals surface area (Å²) in [6, 6.07) is 5.49. The van der Waals surface area contributed by atoms with Gasteiger partial charge in [-0.1, -0.05) is 6.07 Å². The Morgan fingerprint density at radius 3 is 2.81 bits per heavy atom. The van der Waals surface area contributed by atoms with Crippen LogP contribution in [-0.4, -0.2) is 24.4 Å². The number of rotatable bonds is 6. The van der Waals surface area contributed by atoms with Crippen LogP contribution in [0.25, 0.3) is 0 Å². The van der Waals surface area contributed by atoms with Crippen LogP contribution >= 0.6 is 15.9 Å². The second kappa shape index (κ2) is 6.89. The summed E-state index contributed by atoms with van der Waals surface area (Å²) < 4.78 is 6.14. The van der Waals surface area contributed by atoms with Crippen LogP contribution in [-0.2, 0) is 11.3 Å². The fourth-order valence-electron chi connectivity index (χ4n) is 1.26. The van der Waals surface area contributed by atoms with Crippen LogP contribution in [0.2, 0.25) is 0 Å². The van der Waals surface area contributed by atoms with Gasteiger partial charge in [0, 0.05) is 13.1 Å². The first kappa shape index (κ1) is 13.5. The lowest BCUT2D eigenvalue weighted by Gasteiger charge is -2.09. The zero-order chi connectivity index (χ0) is 12.0. The van der Waals surface area contributed by atoms with E-state index >= 15 is 0 Å². The van der Waals surface area contributed by atoms with Crippen molar-refractivity contribution in [2.24, 2.45) is 0 Å². The summed E-state index contributed by atoms with van der Waals surface area (Å²) in [5.41, 5.74) is 1.13. The molecule has 0 bridgehead atoms. The van der Waals surface area contributed by atoms with Crippen molar-refractivity contribution in [2.75, 3.05) is 13.2 Å². The van der Waals surface area contributed by atoms with Crippen LogP contribution in [0.1, 0.15) is 19.4 Å². The molecule has 90 valence electrons. The number of benzene rings is 1. The maximum atomic E-state index is 9.33. The number of halogens is 1. The van der Waals surface area contributed by atoms with Gasteiger partial charge in [-0.15, -0.1) is 0 Å². The molecule has 0 spiro atoms. The molecule has 0 radical (unpaired) electrons. The van der Waals surface area contributed by atoms with Gasteiger partial charge < -0.3 is 15.2 Å². The van der Waals surface area contributed by atoms with Crippen LogP contribution in [0.3, 0.4) is 0 Å². The molecule has 1 aromatic rings. The summed E-state index contributed by atoms with van der Waals surface area (Å²) in [7, 11) is 0. The van der Waals surface area contributed by atoms with E-state index in [1.807, 2.05) is 26.0 Å². The topological polar surface area (TPSA) is 41.5 Å². The Balaban J connectivity index is 2.24. The standard InChI is InChI=1S/C12H18BrNO2/c1-9(2)16-6-5-14-8-10-3-4-12(15)11(13)7-10/h3-4,7,9,14-15H,5-6,8H2,1-2H3. The molecule has 0 aliphatic heterocycles. The third-order valence-electron chi connectivity index (χ3n) is 2.07. The summed E-state index contributed by atoms with van der Waals surface area (Å²) >= 11 is 3.29. The lowest BCUT2D eigenvalue weighted by atomic mass is 10.2. The summed E-state index contributed by atoms with van der Waals surface area (Å²) in [4.78, 5) is 0. The van der Waals surface area contributed by atoms with E-state index in [9.17, 15) is 5.11 Å². The maximum Gasteiger partial charge on any atom is 0.129 e. The van der Waals surface area contributed by atoms with Crippen molar-refractivity contribution in [3.05, 3.63) is 28.2 Å². The second-order valence-corrected chi connectivity index (χ2v) is 4.74. The Labute approximate surface area is 105 Å². The molecule has 0 amide bonds. The minimum Gasteiger partial charge on any atom is -0.507 e. The number of phenols is 1. The SMILES string of the molecule is CC(C)OCCNCc1ccc(O)c(Br)c1. The predicted molar refractivity (Wildman–Crippen MR) is 68.6 cm³/mol. The van der Waals surface area contributed by atoms with E-state index < -0.39 is 0 Å². The van der Waals surface area contributed by atoms with Gasteiger partial charge in [0.1, 0.15) is 5.75 Å². The van der Waals surface area contributed by atoms with Gasteiger partial charge in [0.05, 0.1) is 17.2 Å². The number of phenolic OH excluding ortho intramolecular Hbond substituents is 1. The number of nitrogens with one attached hydrogen (secondary N) is 1.